The highest BCUT2D eigenvalue weighted by Gasteiger charge is 2.44. The lowest BCUT2D eigenvalue weighted by Crippen LogP contribution is -2.40. The normalized spacial score (nSPS) is 21.5. The van der Waals surface area contributed by atoms with Gasteiger partial charge in [-0.15, -0.1) is 0 Å². The summed E-state index contributed by atoms with van der Waals surface area (Å²) in [5.74, 6) is 0. The number of aromatic nitrogens is 2. The van der Waals surface area contributed by atoms with Crippen LogP contribution in [-0.4, -0.2) is 25.6 Å². The Morgan fingerprint density at radius 1 is 1.03 bits per heavy atom. The quantitative estimate of drug-likeness (QED) is 0.388. The smallest absolute Gasteiger partial charge is 0.170 e. The molecule has 1 aliphatic carbocycles. The van der Waals surface area contributed by atoms with Crippen LogP contribution < -0.4 is 5.32 Å². The van der Waals surface area contributed by atoms with Crippen LogP contribution in [0.15, 0.2) is 48.7 Å². The molecule has 0 amide bonds. The maximum Gasteiger partial charge on any atom is 0.170 e. The van der Waals surface area contributed by atoms with Gasteiger partial charge in [0.25, 0.3) is 0 Å². The van der Waals surface area contributed by atoms with Crippen molar-refractivity contribution in [1.82, 2.24) is 19.8 Å². The van der Waals surface area contributed by atoms with Crippen molar-refractivity contribution in [2.75, 3.05) is 0 Å². The molecule has 1 N–H and O–H groups in total. The van der Waals surface area contributed by atoms with E-state index in [4.69, 9.17) is 40.4 Å². The highest BCUT2D eigenvalue weighted by atomic mass is 35.5. The molecule has 1 aliphatic heterocycles. The second-order valence-electron chi connectivity index (χ2n) is 9.06. The van der Waals surface area contributed by atoms with Crippen molar-refractivity contribution >= 4 is 40.5 Å². The largest absolute Gasteiger partial charge is 0.352 e. The van der Waals surface area contributed by atoms with Crippen LogP contribution in [0.2, 0.25) is 10.0 Å². The maximum absolute atomic E-state index is 6.63. The van der Waals surface area contributed by atoms with Gasteiger partial charge in [0.15, 0.2) is 5.11 Å². The lowest BCUT2D eigenvalue weighted by molar-refractivity contribution is 0.197. The van der Waals surface area contributed by atoms with Gasteiger partial charge in [0, 0.05) is 23.6 Å². The van der Waals surface area contributed by atoms with E-state index < -0.39 is 0 Å². The summed E-state index contributed by atoms with van der Waals surface area (Å²) in [5.41, 5.74) is 5.42. The first-order valence-electron chi connectivity index (χ1n) is 11.6. The molecule has 3 heterocycles. The van der Waals surface area contributed by atoms with Crippen LogP contribution in [0.5, 0.6) is 0 Å². The van der Waals surface area contributed by atoms with Crippen LogP contribution in [-0.2, 0) is 0 Å². The third-order valence-electron chi connectivity index (χ3n) is 7.06. The summed E-state index contributed by atoms with van der Waals surface area (Å²) in [4.78, 5) is 7.16. The number of nitrogens with one attached hydrogen (secondary N) is 1. The predicted molar refractivity (Wildman–Crippen MR) is 139 cm³/mol. The molecular weight excluding hydrogens is 471 g/mol. The zero-order valence-electron chi connectivity index (χ0n) is 18.9. The minimum atomic E-state index is -0.00981. The Hall–Kier alpha value is -2.08. The van der Waals surface area contributed by atoms with Gasteiger partial charge >= 0.3 is 0 Å². The van der Waals surface area contributed by atoms with E-state index in [2.05, 4.69) is 40.8 Å². The van der Waals surface area contributed by atoms with E-state index in [1.165, 1.54) is 37.7 Å². The maximum atomic E-state index is 6.63. The van der Waals surface area contributed by atoms with Crippen LogP contribution >= 0.6 is 35.4 Å². The molecule has 0 radical (unpaired) electrons. The zero-order chi connectivity index (χ0) is 23.1. The second-order valence-corrected chi connectivity index (χ2v) is 10.2. The molecule has 2 aliphatic rings. The van der Waals surface area contributed by atoms with Crippen molar-refractivity contribution in [2.24, 2.45) is 0 Å². The molecule has 0 unspecified atom stereocenters. The number of thiocarbonyl (C=S) groups is 1. The van der Waals surface area contributed by atoms with Crippen LogP contribution in [0.1, 0.15) is 66.8 Å². The monoisotopic (exact) mass is 498 g/mol. The Labute approximate surface area is 210 Å². The first kappa shape index (κ1) is 22.7. The summed E-state index contributed by atoms with van der Waals surface area (Å²) in [5, 5.41) is 5.57. The molecule has 7 heteroatoms. The number of aryl methyl sites for hydroxylation is 1. The summed E-state index contributed by atoms with van der Waals surface area (Å²) >= 11 is 18.9. The average Bonchev–Trinajstić information content (AvgIpc) is 3.32. The molecule has 1 saturated heterocycles. The van der Waals surface area contributed by atoms with Crippen molar-refractivity contribution < 1.29 is 0 Å². The van der Waals surface area contributed by atoms with Crippen LogP contribution in [0.25, 0.3) is 5.69 Å². The predicted octanol–water partition coefficient (Wildman–Crippen LogP) is 7.10. The fourth-order valence-electron chi connectivity index (χ4n) is 5.57. The SMILES string of the molecule is Cc1cc([C@@H]2[C@H](c3ccccn3)NC(=S)N2C2CCCCC2)c(C)n1-c1cccc(Cl)c1Cl. The lowest BCUT2D eigenvalue weighted by Gasteiger charge is -2.37. The third-order valence-corrected chi connectivity index (χ3v) is 8.20. The molecule has 33 heavy (non-hydrogen) atoms. The van der Waals surface area contributed by atoms with Gasteiger partial charge in [0.1, 0.15) is 0 Å². The van der Waals surface area contributed by atoms with Crippen LogP contribution in [0.3, 0.4) is 0 Å². The van der Waals surface area contributed by atoms with Crippen molar-refractivity contribution in [1.29, 1.82) is 0 Å². The molecule has 172 valence electrons. The Balaban J connectivity index is 1.65. The van der Waals surface area contributed by atoms with Crippen molar-refractivity contribution in [3.8, 4) is 5.69 Å². The Morgan fingerprint density at radius 3 is 2.55 bits per heavy atom. The minimum Gasteiger partial charge on any atom is -0.352 e. The molecule has 1 saturated carbocycles. The summed E-state index contributed by atoms with van der Waals surface area (Å²) in [7, 11) is 0. The van der Waals surface area contributed by atoms with Gasteiger partial charge < -0.3 is 14.8 Å². The average molecular weight is 500 g/mol. The Kier molecular flexibility index (Phi) is 6.39. The number of rotatable bonds is 4. The molecule has 0 spiro atoms. The van der Waals surface area contributed by atoms with E-state index in [1.54, 1.807) is 0 Å². The van der Waals surface area contributed by atoms with E-state index in [-0.39, 0.29) is 12.1 Å². The molecule has 1 aromatic carbocycles. The van der Waals surface area contributed by atoms with E-state index in [1.807, 2.05) is 36.5 Å². The van der Waals surface area contributed by atoms with Crippen molar-refractivity contribution in [2.45, 2.75) is 64.1 Å². The Bertz CT molecular complexity index is 1170. The number of benzene rings is 1. The van der Waals surface area contributed by atoms with Gasteiger partial charge in [-0.05, 0) is 74.8 Å². The Morgan fingerprint density at radius 2 is 1.82 bits per heavy atom. The molecule has 5 rings (SSSR count). The van der Waals surface area contributed by atoms with Crippen LogP contribution in [0, 0.1) is 13.8 Å². The third kappa shape index (κ3) is 4.05. The topological polar surface area (TPSA) is 33.1 Å². The summed E-state index contributed by atoms with van der Waals surface area (Å²) in [6.45, 7) is 4.28. The minimum absolute atomic E-state index is 0.00981. The van der Waals surface area contributed by atoms with E-state index in [0.29, 0.717) is 16.1 Å². The van der Waals surface area contributed by atoms with Crippen molar-refractivity contribution in [3.63, 3.8) is 0 Å². The zero-order valence-corrected chi connectivity index (χ0v) is 21.2. The first-order chi connectivity index (χ1) is 16.0. The summed E-state index contributed by atoms with van der Waals surface area (Å²) in [6, 6.07) is 14.6. The number of pyridine rings is 1. The van der Waals surface area contributed by atoms with E-state index >= 15 is 0 Å². The van der Waals surface area contributed by atoms with Gasteiger partial charge in [0.05, 0.1) is 33.5 Å². The first-order valence-corrected chi connectivity index (χ1v) is 12.8. The number of nitrogens with zero attached hydrogens (tertiary/aromatic N) is 3. The van der Waals surface area contributed by atoms with Gasteiger partial charge in [-0.1, -0.05) is 54.6 Å². The van der Waals surface area contributed by atoms with Gasteiger partial charge in [-0.3, -0.25) is 4.98 Å². The number of halogens is 2. The highest BCUT2D eigenvalue weighted by Crippen LogP contribution is 2.45. The molecule has 4 nitrogen and oxygen atoms in total. The summed E-state index contributed by atoms with van der Waals surface area (Å²) < 4.78 is 2.21. The fourth-order valence-corrected chi connectivity index (χ4v) is 6.34. The fraction of sp³-hybridized carbons (Fsp3) is 0.385. The van der Waals surface area contributed by atoms with Gasteiger partial charge in [-0.2, -0.15) is 0 Å². The standard InChI is InChI=1S/C26H28Cl2N4S/c1-16-15-19(17(2)31(16)22-13-8-11-20(27)23(22)28)25-24(21-12-6-7-14-29-21)30-26(33)32(25)18-9-4-3-5-10-18/h6-8,11-15,18,24-25H,3-5,9-10H2,1-2H3,(H,30,33)/t24-,25+/m0/s1. The molecule has 2 fully saturated rings. The molecule has 2 atom stereocenters. The highest BCUT2D eigenvalue weighted by molar-refractivity contribution is 7.80. The van der Waals surface area contributed by atoms with Crippen molar-refractivity contribution in [3.05, 3.63) is 81.4 Å². The molecule has 2 aromatic heterocycles. The molecular formula is C26H28Cl2N4S. The number of hydrogen-bond acceptors (Lipinski definition) is 2. The lowest BCUT2D eigenvalue weighted by atomic mass is 9.90. The molecule has 0 bridgehead atoms. The number of hydrogen-bond donors (Lipinski definition) is 1. The van der Waals surface area contributed by atoms with Gasteiger partial charge in [-0.25, -0.2) is 0 Å². The van der Waals surface area contributed by atoms with E-state index in [9.17, 15) is 0 Å². The summed E-state index contributed by atoms with van der Waals surface area (Å²) in [6.07, 6.45) is 8.01. The van der Waals surface area contributed by atoms with Gasteiger partial charge in [0.2, 0.25) is 0 Å². The second kappa shape index (κ2) is 9.28. The molecule has 3 aromatic rings. The van der Waals surface area contributed by atoms with Crippen LogP contribution in [0.4, 0.5) is 0 Å². The van der Waals surface area contributed by atoms with E-state index in [0.717, 1.165) is 27.9 Å².